The topological polar surface area (TPSA) is 80.9 Å². The summed E-state index contributed by atoms with van der Waals surface area (Å²) in [6.45, 7) is 4.37. The second-order valence-electron chi connectivity index (χ2n) is 8.19. The molecule has 1 atom stereocenters. The Kier molecular flexibility index (Phi) is 4.13. The molecule has 0 aromatic carbocycles. The van der Waals surface area contributed by atoms with Gasteiger partial charge in [0.1, 0.15) is 11.6 Å². The van der Waals surface area contributed by atoms with Crippen LogP contribution in [0.15, 0.2) is 12.3 Å². The van der Waals surface area contributed by atoms with Crippen molar-refractivity contribution in [2.24, 2.45) is 5.92 Å². The van der Waals surface area contributed by atoms with Gasteiger partial charge in [0.2, 0.25) is 0 Å². The Hall–Kier alpha value is -2.38. The Bertz CT molecular complexity index is 831. The van der Waals surface area contributed by atoms with Crippen LogP contribution in [0.1, 0.15) is 69.1 Å². The Labute approximate surface area is 158 Å². The van der Waals surface area contributed by atoms with Gasteiger partial charge in [-0.2, -0.15) is 5.10 Å². The molecule has 27 heavy (non-hydrogen) atoms. The van der Waals surface area contributed by atoms with E-state index in [0.717, 1.165) is 30.6 Å². The van der Waals surface area contributed by atoms with Gasteiger partial charge in [-0.15, -0.1) is 10.2 Å². The Morgan fingerprint density at radius 1 is 1.15 bits per heavy atom. The molecule has 5 rings (SSSR count). The zero-order valence-electron chi connectivity index (χ0n) is 15.8. The number of nitrogens with zero attached hydrogens (tertiary/aromatic N) is 6. The number of carbonyl (C=O) groups is 1. The number of hydrogen-bond donors (Lipinski definition) is 1. The summed E-state index contributed by atoms with van der Waals surface area (Å²) in [5, 5.41) is 16.3. The highest BCUT2D eigenvalue weighted by atomic mass is 16.2. The van der Waals surface area contributed by atoms with Crippen LogP contribution in [0, 0.1) is 5.92 Å². The number of hydrogen-bond acceptors (Lipinski definition) is 4. The molecule has 8 nitrogen and oxygen atoms in total. The number of aromatic nitrogens is 5. The first-order valence-corrected chi connectivity index (χ1v) is 10.2. The molecule has 1 N–H and O–H groups in total. The zero-order chi connectivity index (χ0) is 18.4. The van der Waals surface area contributed by atoms with Crippen molar-refractivity contribution in [2.75, 3.05) is 11.9 Å². The van der Waals surface area contributed by atoms with Crippen molar-refractivity contribution in [1.29, 1.82) is 0 Å². The van der Waals surface area contributed by atoms with Crippen LogP contribution >= 0.6 is 0 Å². The van der Waals surface area contributed by atoms with E-state index in [-0.39, 0.29) is 12.1 Å². The molecule has 1 aliphatic heterocycles. The summed E-state index contributed by atoms with van der Waals surface area (Å²) >= 11 is 0. The van der Waals surface area contributed by atoms with E-state index < -0.39 is 0 Å². The maximum absolute atomic E-state index is 12.9. The fraction of sp³-hybridized carbons (Fsp3) is 0.684. The molecule has 2 saturated carbocycles. The molecule has 2 fully saturated rings. The van der Waals surface area contributed by atoms with Crippen LogP contribution in [0.25, 0.3) is 0 Å². The molecule has 3 aliphatic rings. The molecule has 8 heteroatoms. The molecule has 0 radical (unpaired) electrons. The summed E-state index contributed by atoms with van der Waals surface area (Å²) in [6.07, 6.45) is 9.26. The van der Waals surface area contributed by atoms with E-state index in [9.17, 15) is 4.79 Å². The number of rotatable bonds is 4. The van der Waals surface area contributed by atoms with Gasteiger partial charge in [0.25, 0.3) is 0 Å². The number of nitrogens with one attached hydrogen (secondary N) is 1. The van der Waals surface area contributed by atoms with Crippen LogP contribution in [-0.4, -0.2) is 42.0 Å². The molecule has 1 unspecified atom stereocenters. The standard InChI is InChI=1S/C19H27N7O/c1-13-17-22-23-18(15-4-2-3-5-15)25(17)11-10-24(13)19(27)21-16-8-9-20-26(16)12-14-6-7-14/h8-9,13-15H,2-7,10-12H2,1H3,(H,21,27). The Balaban J connectivity index is 1.30. The Morgan fingerprint density at radius 3 is 2.70 bits per heavy atom. The third kappa shape index (κ3) is 3.11. The predicted octanol–water partition coefficient (Wildman–Crippen LogP) is 3.15. The molecule has 144 valence electrons. The maximum atomic E-state index is 12.9. The Morgan fingerprint density at radius 2 is 1.93 bits per heavy atom. The van der Waals surface area contributed by atoms with Crippen LogP contribution in [0.4, 0.5) is 10.6 Å². The molecule has 0 saturated heterocycles. The minimum absolute atomic E-state index is 0.0822. The first kappa shape index (κ1) is 16.8. The summed E-state index contributed by atoms with van der Waals surface area (Å²) in [5.41, 5.74) is 0. The summed E-state index contributed by atoms with van der Waals surface area (Å²) in [7, 11) is 0. The lowest BCUT2D eigenvalue weighted by atomic mass is 10.1. The lowest BCUT2D eigenvalue weighted by Crippen LogP contribution is -2.44. The highest BCUT2D eigenvalue weighted by Crippen LogP contribution is 2.36. The molecule has 0 spiro atoms. The van der Waals surface area contributed by atoms with Crippen molar-refractivity contribution in [1.82, 2.24) is 29.4 Å². The second-order valence-corrected chi connectivity index (χ2v) is 8.19. The number of amides is 2. The molecule has 2 aromatic rings. The van der Waals surface area contributed by atoms with Gasteiger partial charge in [0, 0.05) is 31.6 Å². The molecule has 3 heterocycles. The third-order valence-electron chi connectivity index (χ3n) is 6.27. The number of carbonyl (C=O) groups excluding carboxylic acids is 1. The molecular weight excluding hydrogens is 342 g/mol. The van der Waals surface area contributed by atoms with Gasteiger partial charge < -0.3 is 9.47 Å². The van der Waals surface area contributed by atoms with Crippen LogP contribution in [0.2, 0.25) is 0 Å². The van der Waals surface area contributed by atoms with E-state index in [1.54, 1.807) is 6.20 Å². The first-order chi connectivity index (χ1) is 13.2. The van der Waals surface area contributed by atoms with E-state index in [0.29, 0.717) is 18.4 Å². The molecule has 2 aromatic heterocycles. The van der Waals surface area contributed by atoms with Gasteiger partial charge in [-0.25, -0.2) is 9.48 Å². The monoisotopic (exact) mass is 369 g/mol. The fourth-order valence-corrected chi connectivity index (χ4v) is 4.48. The van der Waals surface area contributed by atoms with Crippen molar-refractivity contribution >= 4 is 11.8 Å². The van der Waals surface area contributed by atoms with E-state index in [2.05, 4.69) is 25.2 Å². The summed E-state index contributed by atoms with van der Waals surface area (Å²) in [6, 6.07) is 1.70. The summed E-state index contributed by atoms with van der Waals surface area (Å²) < 4.78 is 4.16. The largest absolute Gasteiger partial charge is 0.323 e. The van der Waals surface area contributed by atoms with Crippen molar-refractivity contribution in [2.45, 2.75) is 70.5 Å². The minimum Gasteiger partial charge on any atom is -0.313 e. The lowest BCUT2D eigenvalue weighted by Gasteiger charge is -2.34. The second kappa shape index (κ2) is 6.65. The van der Waals surface area contributed by atoms with Crippen molar-refractivity contribution < 1.29 is 4.79 Å². The highest BCUT2D eigenvalue weighted by Gasteiger charge is 2.34. The summed E-state index contributed by atoms with van der Waals surface area (Å²) in [4.78, 5) is 14.8. The lowest BCUT2D eigenvalue weighted by molar-refractivity contribution is 0.171. The maximum Gasteiger partial charge on any atom is 0.323 e. The molecule has 2 aliphatic carbocycles. The SMILES string of the molecule is CC1c2nnc(C3CCCC3)n2CCN1C(=O)Nc1ccnn1CC1CC1. The minimum atomic E-state index is -0.0864. The van der Waals surface area contributed by atoms with Gasteiger partial charge in [0.05, 0.1) is 12.2 Å². The smallest absolute Gasteiger partial charge is 0.313 e. The molecule has 0 bridgehead atoms. The van der Waals surface area contributed by atoms with Gasteiger partial charge in [-0.3, -0.25) is 5.32 Å². The highest BCUT2D eigenvalue weighted by molar-refractivity contribution is 5.88. The van der Waals surface area contributed by atoms with Gasteiger partial charge in [-0.05, 0) is 38.5 Å². The van der Waals surface area contributed by atoms with Crippen LogP contribution in [0.3, 0.4) is 0 Å². The number of urea groups is 1. The van der Waals surface area contributed by atoms with E-state index in [1.165, 1.54) is 38.5 Å². The first-order valence-electron chi connectivity index (χ1n) is 10.2. The fourth-order valence-electron chi connectivity index (χ4n) is 4.48. The van der Waals surface area contributed by atoms with Gasteiger partial charge in [0.15, 0.2) is 5.82 Å². The van der Waals surface area contributed by atoms with Crippen molar-refractivity contribution in [3.05, 3.63) is 23.9 Å². The van der Waals surface area contributed by atoms with Gasteiger partial charge >= 0.3 is 6.03 Å². The van der Waals surface area contributed by atoms with E-state index >= 15 is 0 Å². The quantitative estimate of drug-likeness (QED) is 0.898. The van der Waals surface area contributed by atoms with E-state index in [1.807, 2.05) is 22.6 Å². The average Bonchev–Trinajstić information content (AvgIpc) is 3.06. The predicted molar refractivity (Wildman–Crippen MR) is 100 cm³/mol. The number of fused-ring (bicyclic) bond motifs is 1. The average molecular weight is 369 g/mol. The molecular formula is C19H27N7O. The normalized spacial score (nSPS) is 22.9. The van der Waals surface area contributed by atoms with Crippen molar-refractivity contribution in [3.8, 4) is 0 Å². The number of anilines is 1. The van der Waals surface area contributed by atoms with Crippen LogP contribution in [0.5, 0.6) is 0 Å². The summed E-state index contributed by atoms with van der Waals surface area (Å²) in [5.74, 6) is 4.05. The zero-order valence-corrected chi connectivity index (χ0v) is 15.8. The third-order valence-corrected chi connectivity index (χ3v) is 6.27. The van der Waals surface area contributed by atoms with E-state index in [4.69, 9.17) is 0 Å². The van der Waals surface area contributed by atoms with Crippen LogP contribution < -0.4 is 5.32 Å². The van der Waals surface area contributed by atoms with Crippen LogP contribution in [-0.2, 0) is 13.1 Å². The van der Waals surface area contributed by atoms with Crippen molar-refractivity contribution in [3.63, 3.8) is 0 Å². The van der Waals surface area contributed by atoms with Gasteiger partial charge in [-0.1, -0.05) is 12.8 Å². The molecule has 2 amide bonds.